The number of carbonyl (C=O) groups is 2. The van der Waals surface area contributed by atoms with Crippen molar-refractivity contribution in [2.75, 3.05) is 53.1 Å². The molecule has 0 aliphatic rings. The molecule has 5 N–H and O–H groups in total. The molecule has 0 aromatic rings. The molecule has 1 radical (unpaired) electrons. The molecule has 0 spiro atoms. The molecule has 11 heteroatoms. The molecule has 0 fully saturated rings. The van der Waals surface area contributed by atoms with Crippen LogP contribution in [0.25, 0.3) is 5.73 Å². The molecule has 35 heavy (non-hydrogen) atoms. The van der Waals surface area contributed by atoms with Crippen LogP contribution in [0.5, 0.6) is 0 Å². The molecular weight excluding hydrogens is 527 g/mol. The van der Waals surface area contributed by atoms with Crippen LogP contribution in [0.4, 0.5) is 0 Å². The summed E-state index contributed by atoms with van der Waals surface area (Å²) in [7, 11) is 1.25. The molecule has 0 rings (SSSR count). The van der Waals surface area contributed by atoms with Crippen LogP contribution < -0.4 is 16.1 Å². The molecule has 0 aromatic carbocycles. The number of carbonyl (C=O) groups excluding carboxylic acids is 2. The molecule has 0 aliphatic carbocycles. The van der Waals surface area contributed by atoms with Crippen molar-refractivity contribution in [3.05, 3.63) is 36.7 Å². The minimum absolute atomic E-state index is 0. The number of amides is 2. The molecule has 10 nitrogen and oxygen atoms in total. The number of allylic oxidation sites excluding steroid dienone is 2. The summed E-state index contributed by atoms with van der Waals surface area (Å²) in [6.07, 6.45) is 9.29. The Bertz CT molecular complexity index is 552. The van der Waals surface area contributed by atoms with Crippen molar-refractivity contribution in [3.63, 3.8) is 0 Å². The van der Waals surface area contributed by atoms with E-state index < -0.39 is 0 Å². The number of hydrogen-bond acceptors (Lipinski definition) is 6. The first-order valence-corrected chi connectivity index (χ1v) is 11.7. The average molecular weight is 576 g/mol. The van der Waals surface area contributed by atoms with Crippen LogP contribution in [0.1, 0.15) is 53.4 Å². The summed E-state index contributed by atoms with van der Waals surface area (Å²) in [5.41, 5.74) is 8.79. The summed E-state index contributed by atoms with van der Waals surface area (Å²) in [5, 5.41) is 13.5. The quantitative estimate of drug-likeness (QED) is 0.0653. The fourth-order valence-electron chi connectivity index (χ4n) is 2.14. The maximum absolute atomic E-state index is 11.9. The minimum Gasteiger partial charge on any atom is -0.680 e. The van der Waals surface area contributed by atoms with E-state index in [1.54, 1.807) is 23.4 Å². The molecule has 0 atom stereocenters. The van der Waals surface area contributed by atoms with Gasteiger partial charge >= 0.3 is 0 Å². The number of ether oxygens (including phenoxy) is 2. The van der Waals surface area contributed by atoms with Gasteiger partial charge in [0, 0.05) is 45.8 Å². The van der Waals surface area contributed by atoms with Gasteiger partial charge in [-0.1, -0.05) is 33.3 Å². The van der Waals surface area contributed by atoms with Crippen molar-refractivity contribution in [3.8, 4) is 0 Å². The van der Waals surface area contributed by atoms with Gasteiger partial charge in [0.1, 0.15) is 6.61 Å². The summed E-state index contributed by atoms with van der Waals surface area (Å²) in [5.74, 6) is -0.202. The van der Waals surface area contributed by atoms with Crippen molar-refractivity contribution >= 4 is 18.0 Å². The zero-order valence-electron chi connectivity index (χ0n) is 22.4. The molecule has 0 saturated heterocycles. The first kappa shape index (κ1) is 41.1. The van der Waals surface area contributed by atoms with E-state index in [1.165, 1.54) is 7.05 Å². The van der Waals surface area contributed by atoms with E-state index in [9.17, 15) is 9.59 Å². The van der Waals surface area contributed by atoms with E-state index in [2.05, 4.69) is 24.1 Å². The average Bonchev–Trinajstić information content (AvgIpc) is 2.81. The Hall–Kier alpha value is -1.01. The number of hydroxylamine groups is 1. The molecule has 0 unspecified atom stereocenters. The summed E-state index contributed by atoms with van der Waals surface area (Å²) in [4.78, 5) is 23.3. The van der Waals surface area contributed by atoms with Crippen LogP contribution >= 0.6 is 0 Å². The fourth-order valence-corrected chi connectivity index (χ4v) is 2.14. The third-order valence-electron chi connectivity index (χ3n) is 3.60. The second-order valence-electron chi connectivity index (χ2n) is 7.10. The van der Waals surface area contributed by atoms with Crippen LogP contribution in [0.2, 0.25) is 0 Å². The Kier molecular flexibility index (Phi) is 41.3. The summed E-state index contributed by atoms with van der Waals surface area (Å²) in [6, 6.07) is 0. The standard InChI is InChI=1S/C19H33N3O4.C4H10NO.CH4N.Y/c1-5-7-8-20-19(24)16-26-13-12-25-11-9-21-18(23)15-22(10-6-2)14-17(3)4;1-2-3-4-5-6;1-2;/h6,10,14H,2,5,7-9,11-13,15-16H2,1,3-4H3,(H-,20,21,23,24);4-6H,2-3H2,1H3;2H,1H3;/q;2*-1;/p+1. The van der Waals surface area contributed by atoms with E-state index in [4.69, 9.17) is 20.4 Å². The fraction of sp³-hybridized carbons (Fsp3) is 0.667. The number of hydrogen-bond donors (Lipinski definition) is 4. The van der Waals surface area contributed by atoms with Crippen LogP contribution in [-0.4, -0.2) is 80.9 Å². The van der Waals surface area contributed by atoms with Gasteiger partial charge in [0.2, 0.25) is 12.5 Å². The van der Waals surface area contributed by atoms with Crippen molar-refractivity contribution in [2.45, 2.75) is 53.4 Å². The smallest absolute Gasteiger partial charge is 0.286 e. The molecule has 0 aromatic heterocycles. The predicted octanol–water partition coefficient (Wildman–Crippen LogP) is 2.84. The van der Waals surface area contributed by atoms with Gasteiger partial charge in [-0.3, -0.25) is 9.59 Å². The Morgan fingerprint density at radius 2 is 1.66 bits per heavy atom. The van der Waals surface area contributed by atoms with Gasteiger partial charge in [0.15, 0.2) is 12.4 Å². The zero-order valence-corrected chi connectivity index (χ0v) is 25.2. The first-order chi connectivity index (χ1) is 16.4. The molecule has 0 aliphatic heterocycles. The molecule has 0 heterocycles. The second kappa shape index (κ2) is 35.2. The number of rotatable bonds is 18. The first-order valence-electron chi connectivity index (χ1n) is 11.7. The van der Waals surface area contributed by atoms with E-state index in [0.29, 0.717) is 32.9 Å². The minimum atomic E-state index is -0.108. The zero-order chi connectivity index (χ0) is 26.5. The van der Waals surface area contributed by atoms with Crippen LogP contribution in [0.3, 0.4) is 0 Å². The van der Waals surface area contributed by atoms with Crippen molar-refractivity contribution < 1.29 is 61.6 Å². The van der Waals surface area contributed by atoms with Gasteiger partial charge in [-0.15, -0.1) is 0 Å². The van der Waals surface area contributed by atoms with Crippen LogP contribution in [-0.2, 0) is 51.8 Å². The number of unbranched alkanes of at least 4 members (excludes halogenated alkanes) is 2. The Morgan fingerprint density at radius 1 is 1.03 bits per heavy atom. The van der Waals surface area contributed by atoms with Gasteiger partial charge in [-0.05, 0) is 31.9 Å². The van der Waals surface area contributed by atoms with Gasteiger partial charge in [-0.25, -0.2) is 6.54 Å². The van der Waals surface area contributed by atoms with Crippen molar-refractivity contribution in [1.82, 2.24) is 16.1 Å². The summed E-state index contributed by atoms with van der Waals surface area (Å²) < 4.78 is 12.4. The van der Waals surface area contributed by atoms with Gasteiger partial charge in [0.05, 0.1) is 19.8 Å². The van der Waals surface area contributed by atoms with E-state index in [1.807, 2.05) is 32.5 Å². The monoisotopic (exact) mass is 575 g/mol. The Balaban J connectivity index is -0.000000462. The topological polar surface area (TPSA) is 136 Å². The molecule has 203 valence electrons. The largest absolute Gasteiger partial charge is 0.680 e. The van der Waals surface area contributed by atoms with Crippen molar-refractivity contribution in [2.24, 2.45) is 0 Å². The number of nitrogens with one attached hydrogen (secondary N) is 4. The van der Waals surface area contributed by atoms with Gasteiger partial charge in [-0.2, -0.15) is 18.0 Å². The van der Waals surface area contributed by atoms with E-state index in [-0.39, 0.29) is 57.7 Å². The van der Waals surface area contributed by atoms with Gasteiger partial charge in [0.25, 0.3) is 5.91 Å². The van der Waals surface area contributed by atoms with Crippen molar-refractivity contribution in [1.29, 1.82) is 0 Å². The van der Waals surface area contributed by atoms with Crippen LogP contribution in [0.15, 0.2) is 24.4 Å². The molecule has 0 bridgehead atoms. The Morgan fingerprint density at radius 3 is 2.17 bits per heavy atom. The van der Waals surface area contributed by atoms with Gasteiger partial charge < -0.3 is 36.5 Å². The molecule has 0 saturated carbocycles. The Labute approximate surface area is 238 Å². The predicted molar refractivity (Wildman–Crippen MR) is 138 cm³/mol. The maximum atomic E-state index is 11.9. The molecule has 2 amide bonds. The van der Waals surface area contributed by atoms with E-state index >= 15 is 0 Å². The second-order valence-corrected chi connectivity index (χ2v) is 7.10. The SMILES string of the molecule is C=CC=[N+](C=C(C)C)CC(=O)NCCOCCOCC(=O)NCCCC.CCC[CH-]NO.C[NH-].[Y]. The maximum Gasteiger partial charge on any atom is 0.286 e. The number of nitrogens with zero attached hydrogens (tertiary/aromatic N) is 1. The van der Waals surface area contributed by atoms with E-state index in [0.717, 1.165) is 31.3 Å². The molecular formula is C24H48N5O5Y-. The normalized spacial score (nSPS) is 9.86. The summed E-state index contributed by atoms with van der Waals surface area (Å²) in [6.45, 7) is 15.8. The third-order valence-corrected chi connectivity index (χ3v) is 3.60. The van der Waals surface area contributed by atoms with Crippen LogP contribution in [0, 0.1) is 6.54 Å². The summed E-state index contributed by atoms with van der Waals surface area (Å²) >= 11 is 0. The third kappa shape index (κ3) is 37.7.